The van der Waals surface area contributed by atoms with Gasteiger partial charge in [-0.1, -0.05) is 0 Å². The molecule has 0 N–H and O–H groups in total. The zero-order chi connectivity index (χ0) is 12.5. The topological polar surface area (TPSA) is 31.4 Å². The highest BCUT2D eigenvalue weighted by molar-refractivity contribution is 7.09. The van der Waals surface area contributed by atoms with Crippen LogP contribution in [0.5, 0.6) is 0 Å². The third kappa shape index (κ3) is 6.36. The van der Waals surface area contributed by atoms with Crippen molar-refractivity contribution in [2.24, 2.45) is 0 Å². The number of rotatable bonds is 9. The summed E-state index contributed by atoms with van der Waals surface area (Å²) in [4.78, 5) is 4.40. The molecule has 0 aliphatic carbocycles. The van der Waals surface area contributed by atoms with Gasteiger partial charge in [0.2, 0.25) is 0 Å². The standard InChI is InChI=1S/C12H20ClNO2S/c1-3-15-8-10(2)16-6-4-5-12-14-11(7-13)9-17-12/h9-10H,3-8H2,1-2H3. The van der Waals surface area contributed by atoms with E-state index < -0.39 is 0 Å². The second-order valence-corrected chi connectivity index (χ2v) is 5.02. The number of ether oxygens (including phenoxy) is 2. The molecule has 0 saturated carbocycles. The minimum absolute atomic E-state index is 0.171. The number of nitrogens with zero attached hydrogens (tertiary/aromatic N) is 1. The molecule has 0 radical (unpaired) electrons. The van der Waals surface area contributed by atoms with Crippen LogP contribution in [-0.4, -0.2) is 30.9 Å². The lowest BCUT2D eigenvalue weighted by molar-refractivity contribution is -0.00396. The first-order chi connectivity index (χ1) is 8.26. The lowest BCUT2D eigenvalue weighted by Crippen LogP contribution is -2.16. The van der Waals surface area contributed by atoms with Crippen molar-refractivity contribution in [3.05, 3.63) is 16.1 Å². The van der Waals surface area contributed by atoms with Crippen LogP contribution in [0, 0.1) is 0 Å². The molecular weight excluding hydrogens is 258 g/mol. The number of alkyl halides is 1. The van der Waals surface area contributed by atoms with E-state index >= 15 is 0 Å². The van der Waals surface area contributed by atoms with Crippen molar-refractivity contribution in [3.63, 3.8) is 0 Å². The lowest BCUT2D eigenvalue weighted by Gasteiger charge is -2.12. The Hall–Kier alpha value is -0.160. The maximum absolute atomic E-state index is 5.70. The number of aromatic nitrogens is 1. The number of aryl methyl sites for hydroxylation is 1. The Balaban J connectivity index is 2.07. The first kappa shape index (κ1) is 14.9. The number of hydrogen-bond donors (Lipinski definition) is 0. The summed E-state index contributed by atoms with van der Waals surface area (Å²) in [5, 5.41) is 3.16. The van der Waals surface area contributed by atoms with Gasteiger partial charge < -0.3 is 9.47 Å². The fraction of sp³-hybridized carbons (Fsp3) is 0.750. The molecule has 1 unspecified atom stereocenters. The van der Waals surface area contributed by atoms with Crippen molar-refractivity contribution in [1.82, 2.24) is 4.98 Å². The van der Waals surface area contributed by atoms with Gasteiger partial charge in [-0.2, -0.15) is 0 Å². The van der Waals surface area contributed by atoms with Gasteiger partial charge in [-0.15, -0.1) is 22.9 Å². The first-order valence-electron chi connectivity index (χ1n) is 5.94. The molecule has 98 valence electrons. The summed E-state index contributed by atoms with van der Waals surface area (Å²) in [6, 6.07) is 0. The van der Waals surface area contributed by atoms with Gasteiger partial charge in [0.25, 0.3) is 0 Å². The summed E-state index contributed by atoms with van der Waals surface area (Å²) < 4.78 is 10.9. The van der Waals surface area contributed by atoms with Crippen molar-refractivity contribution in [3.8, 4) is 0 Å². The second-order valence-electron chi connectivity index (χ2n) is 3.81. The Bertz CT molecular complexity index is 306. The molecule has 0 aromatic carbocycles. The summed E-state index contributed by atoms with van der Waals surface area (Å²) >= 11 is 7.37. The molecule has 17 heavy (non-hydrogen) atoms. The fourth-order valence-corrected chi connectivity index (χ4v) is 2.43. The van der Waals surface area contributed by atoms with E-state index in [1.54, 1.807) is 11.3 Å². The third-order valence-corrected chi connectivity index (χ3v) is 3.46. The molecule has 1 aromatic heterocycles. The molecule has 0 spiro atoms. The van der Waals surface area contributed by atoms with Gasteiger partial charge in [-0.3, -0.25) is 0 Å². The molecule has 1 aromatic rings. The van der Waals surface area contributed by atoms with Crippen LogP contribution in [0.15, 0.2) is 5.38 Å². The van der Waals surface area contributed by atoms with Crippen LogP contribution >= 0.6 is 22.9 Å². The molecule has 0 bridgehead atoms. The zero-order valence-electron chi connectivity index (χ0n) is 10.4. The first-order valence-corrected chi connectivity index (χ1v) is 7.36. The molecule has 0 amide bonds. The van der Waals surface area contributed by atoms with Crippen molar-refractivity contribution in [1.29, 1.82) is 0 Å². The van der Waals surface area contributed by atoms with E-state index in [0.29, 0.717) is 12.5 Å². The maximum Gasteiger partial charge on any atom is 0.0929 e. The van der Waals surface area contributed by atoms with E-state index in [1.807, 2.05) is 19.2 Å². The number of hydrogen-bond acceptors (Lipinski definition) is 4. The molecule has 0 saturated heterocycles. The molecule has 0 fully saturated rings. The van der Waals surface area contributed by atoms with E-state index in [0.717, 1.165) is 36.8 Å². The molecule has 0 aliphatic rings. The highest BCUT2D eigenvalue weighted by atomic mass is 35.5. The third-order valence-electron chi connectivity index (χ3n) is 2.23. The molecule has 5 heteroatoms. The van der Waals surface area contributed by atoms with Gasteiger partial charge in [0, 0.05) is 25.0 Å². The molecule has 1 rings (SSSR count). The summed E-state index contributed by atoms with van der Waals surface area (Å²) in [6.07, 6.45) is 2.12. The summed E-state index contributed by atoms with van der Waals surface area (Å²) in [7, 11) is 0. The fourth-order valence-electron chi connectivity index (χ4n) is 1.36. The Labute approximate surface area is 112 Å². The highest BCUT2D eigenvalue weighted by Crippen LogP contribution is 2.13. The van der Waals surface area contributed by atoms with Gasteiger partial charge in [0.05, 0.1) is 29.3 Å². The molecule has 1 heterocycles. The van der Waals surface area contributed by atoms with Crippen LogP contribution in [0.25, 0.3) is 0 Å². The van der Waals surface area contributed by atoms with Crippen molar-refractivity contribution in [2.75, 3.05) is 19.8 Å². The predicted octanol–water partition coefficient (Wildman–Crippen LogP) is 3.26. The highest BCUT2D eigenvalue weighted by Gasteiger charge is 2.03. The van der Waals surface area contributed by atoms with Crippen LogP contribution in [-0.2, 0) is 21.8 Å². The van der Waals surface area contributed by atoms with E-state index in [4.69, 9.17) is 21.1 Å². The smallest absolute Gasteiger partial charge is 0.0929 e. The minimum Gasteiger partial charge on any atom is -0.379 e. The molecule has 3 nitrogen and oxygen atoms in total. The average molecular weight is 278 g/mol. The minimum atomic E-state index is 0.171. The van der Waals surface area contributed by atoms with Crippen LogP contribution in [0.2, 0.25) is 0 Å². The predicted molar refractivity (Wildman–Crippen MR) is 71.9 cm³/mol. The molecule has 1 atom stereocenters. The Morgan fingerprint density at radius 3 is 3.00 bits per heavy atom. The molecular formula is C12H20ClNO2S. The van der Waals surface area contributed by atoms with Crippen LogP contribution in [0.1, 0.15) is 31.0 Å². The summed E-state index contributed by atoms with van der Waals surface area (Å²) in [6.45, 7) is 6.19. The Morgan fingerprint density at radius 2 is 2.35 bits per heavy atom. The van der Waals surface area contributed by atoms with Crippen molar-refractivity contribution in [2.45, 2.75) is 38.7 Å². The van der Waals surface area contributed by atoms with E-state index in [9.17, 15) is 0 Å². The normalized spacial score (nSPS) is 12.9. The van der Waals surface area contributed by atoms with Gasteiger partial charge in [-0.25, -0.2) is 4.98 Å². The lowest BCUT2D eigenvalue weighted by atomic mass is 10.3. The second kappa shape index (κ2) is 8.86. The Kier molecular flexibility index (Phi) is 7.77. The van der Waals surface area contributed by atoms with Gasteiger partial charge in [0.15, 0.2) is 0 Å². The van der Waals surface area contributed by atoms with Crippen LogP contribution in [0.3, 0.4) is 0 Å². The molecule has 0 aliphatic heterocycles. The van der Waals surface area contributed by atoms with E-state index in [-0.39, 0.29) is 6.10 Å². The van der Waals surface area contributed by atoms with Gasteiger partial charge in [0.1, 0.15) is 0 Å². The average Bonchev–Trinajstić information content (AvgIpc) is 2.80. The van der Waals surface area contributed by atoms with E-state index in [1.165, 1.54) is 0 Å². The van der Waals surface area contributed by atoms with Crippen LogP contribution < -0.4 is 0 Å². The van der Waals surface area contributed by atoms with Gasteiger partial charge in [-0.05, 0) is 20.3 Å². The SMILES string of the molecule is CCOCC(C)OCCCc1nc(CCl)cs1. The van der Waals surface area contributed by atoms with Crippen LogP contribution in [0.4, 0.5) is 0 Å². The maximum atomic E-state index is 5.70. The zero-order valence-corrected chi connectivity index (χ0v) is 12.0. The van der Waals surface area contributed by atoms with Crippen molar-refractivity contribution >= 4 is 22.9 Å². The summed E-state index contributed by atoms with van der Waals surface area (Å²) in [5.74, 6) is 0.498. The van der Waals surface area contributed by atoms with Gasteiger partial charge >= 0.3 is 0 Å². The summed E-state index contributed by atoms with van der Waals surface area (Å²) in [5.41, 5.74) is 0.970. The quantitative estimate of drug-likeness (QED) is 0.513. The van der Waals surface area contributed by atoms with Crippen molar-refractivity contribution < 1.29 is 9.47 Å². The number of thiazole rings is 1. The number of halogens is 1. The monoisotopic (exact) mass is 277 g/mol. The Morgan fingerprint density at radius 1 is 1.53 bits per heavy atom. The van der Waals surface area contributed by atoms with E-state index in [2.05, 4.69) is 4.98 Å². The largest absolute Gasteiger partial charge is 0.379 e.